The molecule has 0 atom stereocenters. The van der Waals surface area contributed by atoms with Crippen LogP contribution < -0.4 is 0 Å². The van der Waals surface area contributed by atoms with Crippen molar-refractivity contribution >= 4 is 0 Å². The van der Waals surface area contributed by atoms with Gasteiger partial charge in [-0.2, -0.15) is 42.3 Å². The zero-order chi connectivity index (χ0) is 5.82. The molecular formula is C8H8Zn. The second kappa shape index (κ2) is 4.70. The third-order valence-electron chi connectivity index (χ3n) is 1.04. The summed E-state index contributed by atoms with van der Waals surface area (Å²) in [5.74, 6) is 0. The molecule has 0 aliphatic heterocycles. The smallest absolute Gasteiger partial charge is 0.341 e. The van der Waals surface area contributed by atoms with Crippen LogP contribution in [-0.4, -0.2) is 0 Å². The van der Waals surface area contributed by atoms with Gasteiger partial charge in [0.05, 0.1) is 0 Å². The summed E-state index contributed by atoms with van der Waals surface area (Å²) >= 11 is 0. The fourth-order valence-corrected chi connectivity index (χ4v) is 0.586. The Bertz CT molecular complexity index is 146. The molecule has 9 heavy (non-hydrogen) atoms. The average molecular weight is 170 g/mol. The monoisotopic (exact) mass is 168 g/mol. The summed E-state index contributed by atoms with van der Waals surface area (Å²) in [5.41, 5.74) is 1.17. The van der Waals surface area contributed by atoms with Crippen molar-refractivity contribution in [2.24, 2.45) is 0 Å². The van der Waals surface area contributed by atoms with Crippen molar-refractivity contribution < 1.29 is 19.5 Å². The van der Waals surface area contributed by atoms with Crippen molar-refractivity contribution in [3.8, 4) is 0 Å². The van der Waals surface area contributed by atoms with Crippen molar-refractivity contribution in [2.45, 2.75) is 6.42 Å². The number of rotatable bonds is 1. The van der Waals surface area contributed by atoms with Gasteiger partial charge in [0.2, 0.25) is 0 Å². The third-order valence-corrected chi connectivity index (χ3v) is 1.04. The number of benzene rings is 1. The van der Waals surface area contributed by atoms with Crippen molar-refractivity contribution in [1.29, 1.82) is 0 Å². The Morgan fingerprint density at radius 2 is 2.22 bits per heavy atom. The zero-order valence-corrected chi connectivity index (χ0v) is 8.40. The van der Waals surface area contributed by atoms with Crippen molar-refractivity contribution in [3.63, 3.8) is 0 Å². The van der Waals surface area contributed by atoms with Crippen molar-refractivity contribution in [2.75, 3.05) is 0 Å². The fourth-order valence-electron chi connectivity index (χ4n) is 0.586. The van der Waals surface area contributed by atoms with Crippen LogP contribution in [-0.2, 0) is 25.9 Å². The first kappa shape index (κ1) is 8.84. The Labute approximate surface area is 69.0 Å². The van der Waals surface area contributed by atoms with Gasteiger partial charge in [-0.15, -0.1) is 0 Å². The molecule has 0 N–H and O–H groups in total. The number of hydrogen-bond donors (Lipinski definition) is 0. The molecule has 1 aromatic carbocycles. The van der Waals surface area contributed by atoms with Crippen molar-refractivity contribution in [1.82, 2.24) is 0 Å². The van der Waals surface area contributed by atoms with Gasteiger partial charge in [-0.3, -0.25) is 0 Å². The Morgan fingerprint density at radius 1 is 1.44 bits per heavy atom. The second-order valence-corrected chi connectivity index (χ2v) is 1.64. The standard InChI is InChI=1S/C8H8.Zn/c1-2-8-6-4-3-5-7-8;/h3-6H,1-2H2;/q-2;+2. The summed E-state index contributed by atoms with van der Waals surface area (Å²) in [7, 11) is 0. The van der Waals surface area contributed by atoms with Crippen LogP contribution in [0.5, 0.6) is 0 Å². The SMILES string of the molecule is [CH2-]Cc1[c-]cccc1.[Zn+2]. The molecule has 0 nitrogen and oxygen atoms in total. The average Bonchev–Trinajstić information content (AvgIpc) is 1.90. The Kier molecular flexibility index (Phi) is 4.62. The van der Waals surface area contributed by atoms with E-state index in [0.29, 0.717) is 0 Å². The van der Waals surface area contributed by atoms with E-state index in [1.807, 2.05) is 24.3 Å². The summed E-state index contributed by atoms with van der Waals surface area (Å²) in [5, 5.41) is 0. The predicted molar refractivity (Wildman–Crippen MR) is 34.3 cm³/mol. The second-order valence-electron chi connectivity index (χ2n) is 1.64. The molecule has 0 aromatic heterocycles. The van der Waals surface area contributed by atoms with Crippen molar-refractivity contribution in [3.05, 3.63) is 42.8 Å². The van der Waals surface area contributed by atoms with E-state index in [2.05, 4.69) is 13.0 Å². The zero-order valence-electron chi connectivity index (χ0n) is 5.43. The molecule has 1 heteroatoms. The van der Waals surface area contributed by atoms with Crippen LogP contribution in [0.2, 0.25) is 0 Å². The molecule has 0 fully saturated rings. The normalized spacial score (nSPS) is 8.11. The first-order valence-corrected chi connectivity index (χ1v) is 2.68. The molecule has 0 spiro atoms. The molecule has 0 unspecified atom stereocenters. The van der Waals surface area contributed by atoms with E-state index in [1.54, 1.807) is 0 Å². The van der Waals surface area contributed by atoms with Gasteiger partial charge in [0.25, 0.3) is 0 Å². The van der Waals surface area contributed by atoms with Gasteiger partial charge in [-0.1, -0.05) is 0 Å². The molecule has 0 radical (unpaired) electrons. The summed E-state index contributed by atoms with van der Waals surface area (Å²) in [6.07, 6.45) is 0.834. The van der Waals surface area contributed by atoms with Gasteiger partial charge in [-0.25, -0.2) is 0 Å². The summed E-state index contributed by atoms with van der Waals surface area (Å²) in [6, 6.07) is 10.9. The molecule has 0 saturated heterocycles. The Hall–Kier alpha value is -0.157. The molecule has 0 aliphatic rings. The van der Waals surface area contributed by atoms with Gasteiger partial charge >= 0.3 is 19.5 Å². The van der Waals surface area contributed by atoms with E-state index in [1.165, 1.54) is 5.56 Å². The molecule has 42 valence electrons. The Balaban J connectivity index is 0.000000640. The predicted octanol–water partition coefficient (Wildman–Crippen LogP) is 1.86. The fraction of sp³-hybridized carbons (Fsp3) is 0.125. The van der Waals surface area contributed by atoms with Gasteiger partial charge in [0, 0.05) is 0 Å². The summed E-state index contributed by atoms with van der Waals surface area (Å²) < 4.78 is 0. The van der Waals surface area contributed by atoms with E-state index in [-0.39, 0.29) is 19.5 Å². The van der Waals surface area contributed by atoms with Gasteiger partial charge in [-0.05, 0) is 0 Å². The van der Waals surface area contributed by atoms with Crippen LogP contribution >= 0.6 is 0 Å². The van der Waals surface area contributed by atoms with Crippen LogP contribution in [0, 0.1) is 13.0 Å². The molecule has 1 aromatic rings. The largest absolute Gasteiger partial charge is 2.00 e. The molecule has 0 saturated carbocycles. The van der Waals surface area contributed by atoms with E-state index >= 15 is 0 Å². The van der Waals surface area contributed by atoms with Crippen LogP contribution in [0.1, 0.15) is 5.56 Å². The van der Waals surface area contributed by atoms with Crippen LogP contribution in [0.3, 0.4) is 0 Å². The van der Waals surface area contributed by atoms with Crippen LogP contribution in [0.25, 0.3) is 0 Å². The Morgan fingerprint density at radius 3 is 2.56 bits per heavy atom. The summed E-state index contributed by atoms with van der Waals surface area (Å²) in [4.78, 5) is 0. The molecule has 0 bridgehead atoms. The van der Waals surface area contributed by atoms with Gasteiger partial charge in [0.15, 0.2) is 0 Å². The van der Waals surface area contributed by atoms with E-state index in [4.69, 9.17) is 0 Å². The molecule has 1 rings (SSSR count). The van der Waals surface area contributed by atoms with Crippen LogP contribution in [0.4, 0.5) is 0 Å². The topological polar surface area (TPSA) is 0 Å². The molecule has 0 heterocycles. The summed E-state index contributed by atoms with van der Waals surface area (Å²) in [6.45, 7) is 3.72. The minimum absolute atomic E-state index is 0. The third kappa shape index (κ3) is 2.76. The first-order valence-electron chi connectivity index (χ1n) is 2.68. The maximum absolute atomic E-state index is 3.72. The maximum Gasteiger partial charge on any atom is 2.00 e. The maximum atomic E-state index is 3.72. The van der Waals surface area contributed by atoms with E-state index in [0.717, 1.165) is 6.42 Å². The van der Waals surface area contributed by atoms with E-state index < -0.39 is 0 Å². The van der Waals surface area contributed by atoms with E-state index in [9.17, 15) is 0 Å². The van der Waals surface area contributed by atoms with Crippen LogP contribution in [0.15, 0.2) is 24.3 Å². The quantitative estimate of drug-likeness (QED) is 0.445. The molecular weight excluding hydrogens is 161 g/mol. The minimum Gasteiger partial charge on any atom is -0.341 e. The number of hydrogen-bond acceptors (Lipinski definition) is 0. The van der Waals surface area contributed by atoms with Gasteiger partial charge < -0.3 is 6.92 Å². The first-order chi connectivity index (χ1) is 3.93. The molecule has 0 aliphatic carbocycles. The molecule has 0 amide bonds. The van der Waals surface area contributed by atoms with Gasteiger partial charge in [0.1, 0.15) is 0 Å². The minimum atomic E-state index is 0.